The molecule has 1 fully saturated rings. The van der Waals surface area contributed by atoms with E-state index in [0.29, 0.717) is 17.9 Å². The number of rotatable bonds is 4. The number of halogens is 1. The molecule has 1 saturated carbocycles. The molecule has 0 atom stereocenters. The van der Waals surface area contributed by atoms with Crippen LogP contribution in [0.2, 0.25) is 0 Å². The summed E-state index contributed by atoms with van der Waals surface area (Å²) in [5.74, 6) is 0.285. The van der Waals surface area contributed by atoms with Crippen molar-refractivity contribution in [2.45, 2.75) is 25.2 Å². The third-order valence-corrected chi connectivity index (χ3v) is 6.35. The molecule has 2 amide bonds. The van der Waals surface area contributed by atoms with Gasteiger partial charge in [-0.15, -0.1) is 0 Å². The molecule has 0 unspecified atom stereocenters. The molecule has 2 aliphatic rings. The number of nitrogens with one attached hydrogen (secondary N) is 1. The molecule has 30 heavy (non-hydrogen) atoms. The van der Waals surface area contributed by atoms with Gasteiger partial charge in [-0.05, 0) is 55.7 Å². The molecular weight excluding hydrogens is 444 g/mol. The minimum atomic E-state index is -0.225. The van der Waals surface area contributed by atoms with Crippen LogP contribution in [0.25, 0.3) is 5.69 Å². The first-order valence-corrected chi connectivity index (χ1v) is 10.8. The standard InChI is InChI=1S/C23H21BrN4O2/c1-15-11-20(28(26-15)17-5-3-2-4-6-17)25-21(29)13-27-14-23(9-10-23)19-12-16(24)7-8-18(19)22(27)30/h2-8,11-12H,9-10,13-14H2,1H3,(H,25,29). The number of anilines is 1. The fourth-order valence-electron chi connectivity index (χ4n) is 4.25. The van der Waals surface area contributed by atoms with Crippen LogP contribution in [0.1, 0.15) is 34.5 Å². The summed E-state index contributed by atoms with van der Waals surface area (Å²) in [7, 11) is 0. The molecule has 1 spiro atoms. The van der Waals surface area contributed by atoms with Crippen molar-refractivity contribution in [3.8, 4) is 5.69 Å². The Labute approximate surface area is 183 Å². The van der Waals surface area contributed by atoms with Gasteiger partial charge in [-0.3, -0.25) is 9.59 Å². The van der Waals surface area contributed by atoms with Crippen molar-refractivity contribution in [1.29, 1.82) is 0 Å². The predicted molar refractivity (Wildman–Crippen MR) is 118 cm³/mol. The Bertz CT molecular complexity index is 1150. The Kier molecular flexibility index (Phi) is 4.50. The number of carbonyl (C=O) groups is 2. The Hall–Kier alpha value is -2.93. The van der Waals surface area contributed by atoms with Crippen molar-refractivity contribution in [1.82, 2.24) is 14.7 Å². The molecule has 1 aliphatic heterocycles. The quantitative estimate of drug-likeness (QED) is 0.632. The lowest BCUT2D eigenvalue weighted by atomic mass is 9.86. The number of aryl methyl sites for hydroxylation is 1. The summed E-state index contributed by atoms with van der Waals surface area (Å²) in [6.07, 6.45) is 2.09. The van der Waals surface area contributed by atoms with Gasteiger partial charge in [0.1, 0.15) is 12.4 Å². The summed E-state index contributed by atoms with van der Waals surface area (Å²) < 4.78 is 2.69. The van der Waals surface area contributed by atoms with Crippen LogP contribution in [0.4, 0.5) is 5.82 Å². The highest BCUT2D eigenvalue weighted by molar-refractivity contribution is 9.10. The van der Waals surface area contributed by atoms with E-state index in [2.05, 4.69) is 32.4 Å². The second-order valence-corrected chi connectivity index (χ2v) is 9.01. The zero-order valence-electron chi connectivity index (χ0n) is 16.6. The Morgan fingerprint density at radius 2 is 1.93 bits per heavy atom. The summed E-state index contributed by atoms with van der Waals surface area (Å²) in [5.41, 5.74) is 3.48. The van der Waals surface area contributed by atoms with Crippen LogP contribution in [0.15, 0.2) is 59.1 Å². The lowest BCUT2D eigenvalue weighted by molar-refractivity contribution is -0.117. The predicted octanol–water partition coefficient (Wildman–Crippen LogP) is 4.07. The van der Waals surface area contributed by atoms with Crippen molar-refractivity contribution in [3.05, 3.63) is 75.9 Å². The van der Waals surface area contributed by atoms with Crippen LogP contribution >= 0.6 is 15.9 Å². The van der Waals surface area contributed by atoms with Crippen LogP contribution in [-0.4, -0.2) is 39.6 Å². The van der Waals surface area contributed by atoms with E-state index in [9.17, 15) is 9.59 Å². The third kappa shape index (κ3) is 3.33. The molecule has 0 bridgehead atoms. The van der Waals surface area contributed by atoms with Gasteiger partial charge in [0.15, 0.2) is 0 Å². The summed E-state index contributed by atoms with van der Waals surface area (Å²) in [4.78, 5) is 27.6. The van der Waals surface area contributed by atoms with Crippen LogP contribution in [-0.2, 0) is 10.2 Å². The van der Waals surface area contributed by atoms with Gasteiger partial charge >= 0.3 is 0 Å². The lowest BCUT2D eigenvalue weighted by Crippen LogP contribution is -2.46. The number of para-hydroxylation sites is 1. The first-order valence-electron chi connectivity index (χ1n) is 9.96. The molecule has 2 heterocycles. The highest BCUT2D eigenvalue weighted by Crippen LogP contribution is 2.52. The maximum atomic E-state index is 13.0. The summed E-state index contributed by atoms with van der Waals surface area (Å²) in [6, 6.07) is 17.3. The number of carbonyl (C=O) groups excluding carboxylic acids is 2. The maximum absolute atomic E-state index is 13.0. The highest BCUT2D eigenvalue weighted by atomic mass is 79.9. The number of fused-ring (bicyclic) bond motifs is 2. The van der Waals surface area contributed by atoms with Gasteiger partial charge in [0.05, 0.1) is 11.4 Å². The third-order valence-electron chi connectivity index (χ3n) is 5.85. The Morgan fingerprint density at radius 3 is 2.67 bits per heavy atom. The lowest BCUT2D eigenvalue weighted by Gasteiger charge is -2.34. The Morgan fingerprint density at radius 1 is 1.17 bits per heavy atom. The highest BCUT2D eigenvalue weighted by Gasteiger charge is 2.51. The van der Waals surface area contributed by atoms with Crippen molar-refractivity contribution >= 4 is 33.6 Å². The zero-order valence-corrected chi connectivity index (χ0v) is 18.1. The van der Waals surface area contributed by atoms with E-state index in [1.165, 1.54) is 0 Å². The summed E-state index contributed by atoms with van der Waals surface area (Å²) in [5, 5.41) is 7.42. The molecule has 152 valence electrons. The minimum absolute atomic E-state index is 0.00426. The number of aromatic nitrogens is 2. The van der Waals surface area contributed by atoms with E-state index in [1.807, 2.05) is 55.5 Å². The normalized spacial score (nSPS) is 16.5. The molecule has 0 radical (unpaired) electrons. The average molecular weight is 465 g/mol. The van der Waals surface area contributed by atoms with Crippen LogP contribution in [0.5, 0.6) is 0 Å². The van der Waals surface area contributed by atoms with Gasteiger partial charge in [-0.25, -0.2) is 4.68 Å². The number of benzene rings is 2. The van der Waals surface area contributed by atoms with E-state index in [4.69, 9.17) is 0 Å². The molecular formula is C23H21BrN4O2. The first-order chi connectivity index (χ1) is 14.4. The second-order valence-electron chi connectivity index (χ2n) is 8.10. The van der Waals surface area contributed by atoms with E-state index in [-0.39, 0.29) is 23.8 Å². The first kappa shape index (κ1) is 19.1. The topological polar surface area (TPSA) is 67.2 Å². The van der Waals surface area contributed by atoms with Crippen LogP contribution in [0, 0.1) is 6.92 Å². The fraction of sp³-hybridized carbons (Fsp3) is 0.261. The molecule has 5 rings (SSSR count). The molecule has 3 aromatic rings. The minimum Gasteiger partial charge on any atom is -0.328 e. The van der Waals surface area contributed by atoms with Crippen molar-refractivity contribution in [3.63, 3.8) is 0 Å². The second kappa shape index (κ2) is 7.09. The summed E-state index contributed by atoms with van der Waals surface area (Å²) >= 11 is 3.51. The van der Waals surface area contributed by atoms with Crippen LogP contribution in [0.3, 0.4) is 0 Å². The molecule has 1 N–H and O–H groups in total. The van der Waals surface area contributed by atoms with Gasteiger partial charge in [-0.2, -0.15) is 5.10 Å². The number of amides is 2. The van der Waals surface area contributed by atoms with E-state index in [1.54, 1.807) is 9.58 Å². The van der Waals surface area contributed by atoms with E-state index in [0.717, 1.165) is 34.3 Å². The number of hydrogen-bond donors (Lipinski definition) is 1. The van der Waals surface area contributed by atoms with Gasteiger partial charge < -0.3 is 10.2 Å². The maximum Gasteiger partial charge on any atom is 0.254 e. The van der Waals surface area contributed by atoms with Crippen molar-refractivity contribution in [2.75, 3.05) is 18.4 Å². The number of hydrogen-bond acceptors (Lipinski definition) is 3. The average Bonchev–Trinajstić information content (AvgIpc) is 3.41. The Balaban J connectivity index is 1.36. The monoisotopic (exact) mass is 464 g/mol. The van der Waals surface area contributed by atoms with Gasteiger partial charge in [0.2, 0.25) is 5.91 Å². The molecule has 7 heteroatoms. The fourth-order valence-corrected chi connectivity index (χ4v) is 4.61. The largest absolute Gasteiger partial charge is 0.328 e. The van der Waals surface area contributed by atoms with Crippen molar-refractivity contribution in [2.24, 2.45) is 0 Å². The van der Waals surface area contributed by atoms with Gasteiger partial charge in [-0.1, -0.05) is 34.1 Å². The zero-order chi connectivity index (χ0) is 20.9. The van der Waals surface area contributed by atoms with Gasteiger partial charge in [0, 0.05) is 28.1 Å². The molecule has 6 nitrogen and oxygen atoms in total. The molecule has 0 saturated heterocycles. The van der Waals surface area contributed by atoms with E-state index >= 15 is 0 Å². The SMILES string of the molecule is Cc1cc(NC(=O)CN2CC3(CC3)c3cc(Br)ccc3C2=O)n(-c2ccccc2)n1. The van der Waals surface area contributed by atoms with Crippen LogP contribution < -0.4 is 5.32 Å². The summed E-state index contributed by atoms with van der Waals surface area (Å²) in [6.45, 7) is 2.49. The molecule has 1 aromatic heterocycles. The smallest absolute Gasteiger partial charge is 0.254 e. The van der Waals surface area contributed by atoms with E-state index < -0.39 is 0 Å². The van der Waals surface area contributed by atoms with Crippen molar-refractivity contribution < 1.29 is 9.59 Å². The number of nitrogens with zero attached hydrogens (tertiary/aromatic N) is 3. The molecule has 1 aliphatic carbocycles. The van der Waals surface area contributed by atoms with Gasteiger partial charge in [0.25, 0.3) is 5.91 Å². The molecule has 2 aromatic carbocycles.